The lowest BCUT2D eigenvalue weighted by Gasteiger charge is -1.98. The van der Waals surface area contributed by atoms with Crippen LogP contribution in [0.1, 0.15) is 18.3 Å². The van der Waals surface area contributed by atoms with E-state index in [9.17, 15) is 0 Å². The third kappa shape index (κ3) is 1.24. The first-order valence-electron chi connectivity index (χ1n) is 4.32. The van der Waals surface area contributed by atoms with Crippen molar-refractivity contribution >= 4 is 11.6 Å². The molecule has 0 saturated carbocycles. The van der Waals surface area contributed by atoms with E-state index in [-0.39, 0.29) is 0 Å². The predicted octanol–water partition coefficient (Wildman–Crippen LogP) is 1.18. The van der Waals surface area contributed by atoms with Gasteiger partial charge in [0.15, 0.2) is 0 Å². The molecule has 0 unspecified atom stereocenters. The second-order valence-electron chi connectivity index (χ2n) is 3.07. The first-order chi connectivity index (χ1) is 6.20. The van der Waals surface area contributed by atoms with Crippen LogP contribution in [0, 0.1) is 6.92 Å². The molecule has 0 spiro atoms. The fourth-order valence-electron chi connectivity index (χ4n) is 1.35. The van der Waals surface area contributed by atoms with Crippen molar-refractivity contribution in [3.05, 3.63) is 23.7 Å². The first kappa shape index (κ1) is 8.04. The number of nitrogen functional groups attached to an aromatic ring is 1. The summed E-state index contributed by atoms with van der Waals surface area (Å²) in [5.41, 5.74) is 8.56. The van der Waals surface area contributed by atoms with E-state index >= 15 is 0 Å². The Morgan fingerprint density at radius 2 is 2.23 bits per heavy atom. The van der Waals surface area contributed by atoms with Crippen LogP contribution in [-0.2, 0) is 6.42 Å². The van der Waals surface area contributed by atoms with E-state index in [1.165, 1.54) is 0 Å². The highest BCUT2D eigenvalue weighted by Crippen LogP contribution is 2.10. The summed E-state index contributed by atoms with van der Waals surface area (Å²) < 4.78 is 1.81. The molecular weight excluding hydrogens is 164 g/mol. The second-order valence-corrected chi connectivity index (χ2v) is 3.07. The summed E-state index contributed by atoms with van der Waals surface area (Å²) in [5.74, 6) is 0.502. The van der Waals surface area contributed by atoms with E-state index in [1.54, 1.807) is 0 Å². The molecule has 4 heteroatoms. The minimum Gasteiger partial charge on any atom is -0.369 e. The molecule has 0 amide bonds. The largest absolute Gasteiger partial charge is 0.369 e. The fourth-order valence-corrected chi connectivity index (χ4v) is 1.35. The fraction of sp³-hybridized carbons (Fsp3) is 0.333. The summed E-state index contributed by atoms with van der Waals surface area (Å²) in [4.78, 5) is 8.55. The molecule has 2 N–H and O–H groups in total. The molecule has 68 valence electrons. The lowest BCUT2D eigenvalue weighted by atomic mass is 10.4. The Balaban J connectivity index is 2.75. The highest BCUT2D eigenvalue weighted by atomic mass is 15.1. The number of anilines is 1. The standard InChI is InChI=1S/C9H12N4/c1-3-7-5-13-8(12-7)4-6(2)11-9(13)10/h4-5H,3H2,1-2H3,(H2,10,11). The molecule has 0 bridgehead atoms. The number of aryl methyl sites for hydroxylation is 2. The zero-order chi connectivity index (χ0) is 9.42. The molecule has 0 aliphatic carbocycles. The predicted molar refractivity (Wildman–Crippen MR) is 51.5 cm³/mol. The number of hydrogen-bond donors (Lipinski definition) is 1. The van der Waals surface area contributed by atoms with E-state index in [0.717, 1.165) is 23.5 Å². The molecule has 4 nitrogen and oxygen atoms in total. The van der Waals surface area contributed by atoms with Crippen molar-refractivity contribution in [2.24, 2.45) is 0 Å². The molecule has 13 heavy (non-hydrogen) atoms. The summed E-state index contributed by atoms with van der Waals surface area (Å²) in [6, 6.07) is 1.93. The summed E-state index contributed by atoms with van der Waals surface area (Å²) in [6.45, 7) is 3.98. The SMILES string of the molecule is CCc1cn2c(N)nc(C)cc2n1. The van der Waals surface area contributed by atoms with Crippen LogP contribution in [0.3, 0.4) is 0 Å². The highest BCUT2D eigenvalue weighted by molar-refractivity contribution is 5.46. The topological polar surface area (TPSA) is 56.2 Å². The summed E-state index contributed by atoms with van der Waals surface area (Å²) in [7, 11) is 0. The van der Waals surface area contributed by atoms with Gasteiger partial charge < -0.3 is 5.73 Å². The van der Waals surface area contributed by atoms with Crippen LogP contribution in [0.4, 0.5) is 5.95 Å². The maximum Gasteiger partial charge on any atom is 0.206 e. The van der Waals surface area contributed by atoms with Crippen molar-refractivity contribution in [1.82, 2.24) is 14.4 Å². The summed E-state index contributed by atoms with van der Waals surface area (Å²) in [5, 5.41) is 0. The van der Waals surface area contributed by atoms with Crippen LogP contribution >= 0.6 is 0 Å². The molecule has 0 aliphatic rings. The van der Waals surface area contributed by atoms with E-state index in [0.29, 0.717) is 5.95 Å². The second kappa shape index (κ2) is 2.73. The Bertz CT molecular complexity index is 444. The maximum absolute atomic E-state index is 5.74. The van der Waals surface area contributed by atoms with Crippen LogP contribution in [0.25, 0.3) is 5.65 Å². The van der Waals surface area contributed by atoms with Crippen molar-refractivity contribution in [2.75, 3.05) is 5.73 Å². The Morgan fingerprint density at radius 1 is 1.46 bits per heavy atom. The molecule has 2 aromatic rings. The van der Waals surface area contributed by atoms with Crippen molar-refractivity contribution in [2.45, 2.75) is 20.3 Å². The van der Waals surface area contributed by atoms with E-state index < -0.39 is 0 Å². The molecule has 2 aromatic heterocycles. The van der Waals surface area contributed by atoms with Crippen LogP contribution in [0.5, 0.6) is 0 Å². The van der Waals surface area contributed by atoms with E-state index in [4.69, 9.17) is 5.73 Å². The van der Waals surface area contributed by atoms with Gasteiger partial charge in [0, 0.05) is 18.0 Å². The van der Waals surface area contributed by atoms with Gasteiger partial charge in [-0.1, -0.05) is 6.92 Å². The molecule has 0 saturated heterocycles. The zero-order valence-electron chi connectivity index (χ0n) is 7.78. The first-order valence-corrected chi connectivity index (χ1v) is 4.32. The number of aromatic nitrogens is 3. The Morgan fingerprint density at radius 3 is 2.92 bits per heavy atom. The Hall–Kier alpha value is -1.58. The van der Waals surface area contributed by atoms with Gasteiger partial charge in [0.05, 0.1) is 5.69 Å². The van der Waals surface area contributed by atoms with Gasteiger partial charge in [0.1, 0.15) is 5.65 Å². The molecule has 0 aliphatic heterocycles. The van der Waals surface area contributed by atoms with Gasteiger partial charge in [-0.05, 0) is 13.3 Å². The van der Waals surface area contributed by atoms with Crippen molar-refractivity contribution in [1.29, 1.82) is 0 Å². The highest BCUT2D eigenvalue weighted by Gasteiger charge is 2.03. The minimum absolute atomic E-state index is 0.502. The van der Waals surface area contributed by atoms with Gasteiger partial charge >= 0.3 is 0 Å². The van der Waals surface area contributed by atoms with Gasteiger partial charge in [-0.25, -0.2) is 9.97 Å². The number of imidazole rings is 1. The van der Waals surface area contributed by atoms with Gasteiger partial charge in [-0.15, -0.1) is 0 Å². The van der Waals surface area contributed by atoms with Gasteiger partial charge in [0.25, 0.3) is 0 Å². The van der Waals surface area contributed by atoms with Gasteiger partial charge in [0.2, 0.25) is 5.95 Å². The zero-order valence-corrected chi connectivity index (χ0v) is 7.78. The maximum atomic E-state index is 5.74. The molecular formula is C9H12N4. The molecule has 0 aromatic carbocycles. The molecule has 0 atom stereocenters. The third-order valence-corrected chi connectivity index (χ3v) is 2.02. The normalized spacial score (nSPS) is 10.9. The lowest BCUT2D eigenvalue weighted by molar-refractivity contribution is 1.06. The van der Waals surface area contributed by atoms with Gasteiger partial charge in [-0.2, -0.15) is 0 Å². The van der Waals surface area contributed by atoms with Crippen LogP contribution in [0.2, 0.25) is 0 Å². The van der Waals surface area contributed by atoms with Gasteiger partial charge in [-0.3, -0.25) is 4.40 Å². The van der Waals surface area contributed by atoms with Crippen molar-refractivity contribution in [3.8, 4) is 0 Å². The van der Waals surface area contributed by atoms with Crippen molar-refractivity contribution < 1.29 is 0 Å². The average Bonchev–Trinajstić information content (AvgIpc) is 2.47. The van der Waals surface area contributed by atoms with Crippen LogP contribution < -0.4 is 5.73 Å². The monoisotopic (exact) mass is 176 g/mol. The number of nitrogens with zero attached hydrogens (tertiary/aromatic N) is 3. The number of rotatable bonds is 1. The molecule has 0 fully saturated rings. The van der Waals surface area contributed by atoms with Crippen LogP contribution in [-0.4, -0.2) is 14.4 Å². The molecule has 0 radical (unpaired) electrons. The lowest BCUT2D eigenvalue weighted by Crippen LogP contribution is -2.00. The molecule has 2 rings (SSSR count). The summed E-state index contributed by atoms with van der Waals surface area (Å²) >= 11 is 0. The smallest absolute Gasteiger partial charge is 0.206 e. The Kier molecular flexibility index (Phi) is 1.69. The van der Waals surface area contributed by atoms with E-state index in [2.05, 4.69) is 16.9 Å². The third-order valence-electron chi connectivity index (χ3n) is 2.02. The summed E-state index contributed by atoms with van der Waals surface area (Å²) in [6.07, 6.45) is 2.84. The number of hydrogen-bond acceptors (Lipinski definition) is 3. The van der Waals surface area contributed by atoms with E-state index in [1.807, 2.05) is 23.6 Å². The minimum atomic E-state index is 0.502. The number of fused-ring (bicyclic) bond motifs is 1. The number of nitrogens with two attached hydrogens (primary N) is 1. The van der Waals surface area contributed by atoms with Crippen molar-refractivity contribution in [3.63, 3.8) is 0 Å². The average molecular weight is 176 g/mol. The quantitative estimate of drug-likeness (QED) is 0.709. The Labute approximate surface area is 76.4 Å². The molecule has 2 heterocycles. The van der Waals surface area contributed by atoms with Crippen LogP contribution in [0.15, 0.2) is 12.3 Å².